The van der Waals surface area contributed by atoms with E-state index in [0.717, 1.165) is 36.0 Å². The zero-order valence-electron chi connectivity index (χ0n) is 17.8. The number of ether oxygens (including phenoxy) is 1. The molecular formula is C24H21I2N3O4. The van der Waals surface area contributed by atoms with Crippen LogP contribution in [-0.4, -0.2) is 17.0 Å². The Morgan fingerprint density at radius 3 is 2.18 bits per heavy atom. The third kappa shape index (κ3) is 7.49. The first-order valence-corrected chi connectivity index (χ1v) is 12.3. The Hall–Kier alpha value is -2.54. The van der Waals surface area contributed by atoms with Crippen molar-refractivity contribution >= 4 is 63.0 Å². The van der Waals surface area contributed by atoms with E-state index < -0.39 is 4.92 Å². The molecule has 0 bridgehead atoms. The maximum absolute atomic E-state index is 12.1. The highest BCUT2D eigenvalue weighted by molar-refractivity contribution is 14.1. The van der Waals surface area contributed by atoms with Crippen LogP contribution in [0.5, 0.6) is 5.75 Å². The molecule has 0 aromatic heterocycles. The van der Waals surface area contributed by atoms with Crippen LogP contribution in [0.1, 0.15) is 29.2 Å². The molecule has 1 N–H and O–H groups in total. The molecule has 170 valence electrons. The number of carbonyl (C=O) groups is 1. The number of benzene rings is 3. The maximum Gasteiger partial charge on any atom is 0.269 e. The molecule has 0 spiro atoms. The molecule has 3 aromatic carbocycles. The Bertz CT molecular complexity index is 1140. The summed E-state index contributed by atoms with van der Waals surface area (Å²) in [4.78, 5) is 22.5. The Morgan fingerprint density at radius 1 is 1.03 bits per heavy atom. The van der Waals surface area contributed by atoms with Crippen LogP contribution in [0.15, 0.2) is 65.8 Å². The molecule has 0 unspecified atom stereocenters. The first-order valence-electron chi connectivity index (χ1n) is 10.1. The zero-order valence-corrected chi connectivity index (χ0v) is 22.1. The monoisotopic (exact) mass is 669 g/mol. The SMILES string of the molecule is CCc1ccc(CC(=O)N/N=C/c2cc(I)c(OCc3ccc([N+](=O)[O-])cc3)c(I)c2)cc1. The third-order valence-electron chi connectivity index (χ3n) is 4.75. The van der Waals surface area contributed by atoms with Crippen LogP contribution in [0, 0.1) is 17.3 Å². The van der Waals surface area contributed by atoms with Crippen molar-refractivity contribution in [1.29, 1.82) is 0 Å². The molecule has 0 saturated carbocycles. The lowest BCUT2D eigenvalue weighted by Gasteiger charge is -2.11. The summed E-state index contributed by atoms with van der Waals surface area (Å²) in [6.07, 6.45) is 2.84. The van der Waals surface area contributed by atoms with Crippen molar-refractivity contribution in [2.24, 2.45) is 5.10 Å². The number of hydrazone groups is 1. The smallest absolute Gasteiger partial charge is 0.269 e. The van der Waals surface area contributed by atoms with Crippen molar-refractivity contribution in [3.05, 3.63) is 100 Å². The second-order valence-corrected chi connectivity index (χ2v) is 9.49. The molecule has 0 atom stereocenters. The summed E-state index contributed by atoms with van der Waals surface area (Å²) in [6, 6.07) is 18.1. The summed E-state index contributed by atoms with van der Waals surface area (Å²) >= 11 is 4.37. The topological polar surface area (TPSA) is 93.8 Å². The average molecular weight is 669 g/mol. The van der Waals surface area contributed by atoms with Crippen LogP contribution in [0.25, 0.3) is 0 Å². The molecule has 0 saturated heterocycles. The molecule has 9 heteroatoms. The van der Waals surface area contributed by atoms with Crippen molar-refractivity contribution in [3.8, 4) is 5.75 Å². The van der Waals surface area contributed by atoms with E-state index in [0.29, 0.717) is 6.61 Å². The molecule has 0 fully saturated rings. The van der Waals surface area contributed by atoms with Crippen LogP contribution in [-0.2, 0) is 24.2 Å². The predicted octanol–water partition coefficient (Wildman–Crippen LogP) is 5.64. The lowest BCUT2D eigenvalue weighted by molar-refractivity contribution is -0.384. The zero-order chi connectivity index (χ0) is 23.8. The number of rotatable bonds is 9. The molecule has 3 aromatic rings. The lowest BCUT2D eigenvalue weighted by atomic mass is 10.1. The van der Waals surface area contributed by atoms with Gasteiger partial charge in [-0.2, -0.15) is 5.10 Å². The molecule has 0 aliphatic carbocycles. The van der Waals surface area contributed by atoms with Gasteiger partial charge in [0.25, 0.3) is 5.69 Å². The minimum Gasteiger partial charge on any atom is -0.487 e. The number of amides is 1. The number of aryl methyl sites for hydroxylation is 1. The van der Waals surface area contributed by atoms with Gasteiger partial charge in [-0.05, 0) is 98.1 Å². The summed E-state index contributed by atoms with van der Waals surface area (Å²) in [6.45, 7) is 2.39. The Morgan fingerprint density at radius 2 is 1.61 bits per heavy atom. The van der Waals surface area contributed by atoms with E-state index in [2.05, 4.69) is 62.6 Å². The predicted molar refractivity (Wildman–Crippen MR) is 145 cm³/mol. The van der Waals surface area contributed by atoms with E-state index >= 15 is 0 Å². The van der Waals surface area contributed by atoms with Gasteiger partial charge < -0.3 is 4.74 Å². The summed E-state index contributed by atoms with van der Waals surface area (Å²) in [5.74, 6) is 0.550. The van der Waals surface area contributed by atoms with Crippen molar-refractivity contribution < 1.29 is 14.5 Å². The largest absolute Gasteiger partial charge is 0.487 e. The fraction of sp³-hybridized carbons (Fsp3) is 0.167. The van der Waals surface area contributed by atoms with Gasteiger partial charge in [0, 0.05) is 12.1 Å². The van der Waals surface area contributed by atoms with E-state index in [9.17, 15) is 14.9 Å². The van der Waals surface area contributed by atoms with Gasteiger partial charge in [-0.15, -0.1) is 0 Å². The van der Waals surface area contributed by atoms with Gasteiger partial charge in [-0.25, -0.2) is 5.43 Å². The number of hydrogen-bond donors (Lipinski definition) is 1. The fourth-order valence-corrected chi connectivity index (χ4v) is 5.09. The van der Waals surface area contributed by atoms with Crippen LogP contribution in [0.2, 0.25) is 0 Å². The van der Waals surface area contributed by atoms with E-state index in [4.69, 9.17) is 4.74 Å². The van der Waals surface area contributed by atoms with Crippen LogP contribution in [0.4, 0.5) is 5.69 Å². The summed E-state index contributed by atoms with van der Waals surface area (Å²) in [5, 5.41) is 14.8. The number of carbonyl (C=O) groups excluding carboxylic acids is 1. The number of nitrogens with zero attached hydrogens (tertiary/aromatic N) is 2. The molecule has 7 nitrogen and oxygen atoms in total. The van der Waals surface area contributed by atoms with Gasteiger partial charge in [0.1, 0.15) is 12.4 Å². The fourth-order valence-electron chi connectivity index (χ4n) is 2.96. The molecule has 0 aliphatic heterocycles. The first kappa shape index (κ1) is 25.1. The number of hydrogen-bond acceptors (Lipinski definition) is 5. The maximum atomic E-state index is 12.1. The quantitative estimate of drug-likeness (QED) is 0.138. The molecule has 0 heterocycles. The normalized spacial score (nSPS) is 10.9. The summed E-state index contributed by atoms with van der Waals surface area (Å²) in [7, 11) is 0. The van der Waals surface area contributed by atoms with Gasteiger partial charge in [0.15, 0.2) is 0 Å². The highest BCUT2D eigenvalue weighted by Crippen LogP contribution is 2.29. The van der Waals surface area contributed by atoms with E-state index in [1.54, 1.807) is 18.3 Å². The number of nitro benzene ring substituents is 1. The molecule has 3 rings (SSSR count). The number of nitrogens with one attached hydrogen (secondary N) is 1. The van der Waals surface area contributed by atoms with E-state index in [1.807, 2.05) is 36.4 Å². The van der Waals surface area contributed by atoms with E-state index in [1.165, 1.54) is 17.7 Å². The Balaban J connectivity index is 1.56. The Kier molecular flexibility index (Phi) is 9.18. The second kappa shape index (κ2) is 12.1. The van der Waals surface area contributed by atoms with Gasteiger partial charge in [0.05, 0.1) is 24.7 Å². The average Bonchev–Trinajstić information content (AvgIpc) is 2.79. The van der Waals surface area contributed by atoms with Gasteiger partial charge in [-0.1, -0.05) is 31.2 Å². The van der Waals surface area contributed by atoms with Crippen molar-refractivity contribution in [1.82, 2.24) is 5.43 Å². The highest BCUT2D eigenvalue weighted by Gasteiger charge is 2.10. The van der Waals surface area contributed by atoms with Gasteiger partial charge in [0.2, 0.25) is 5.91 Å². The Labute approximate surface area is 219 Å². The summed E-state index contributed by atoms with van der Waals surface area (Å²) < 4.78 is 7.72. The summed E-state index contributed by atoms with van der Waals surface area (Å²) in [5.41, 5.74) is 6.47. The second-order valence-electron chi connectivity index (χ2n) is 7.17. The molecule has 33 heavy (non-hydrogen) atoms. The minimum atomic E-state index is -0.428. The standard InChI is InChI=1S/C24H21I2N3O4/c1-2-16-3-5-17(6-4-16)13-23(30)28-27-14-19-11-21(25)24(22(26)12-19)33-15-18-7-9-20(10-8-18)29(31)32/h3-12,14H,2,13,15H2,1H3,(H,28,30)/b27-14+. The number of nitro groups is 1. The lowest BCUT2D eigenvalue weighted by Crippen LogP contribution is -2.19. The molecule has 0 aliphatic rings. The molecule has 1 amide bonds. The van der Waals surface area contributed by atoms with Crippen LogP contribution >= 0.6 is 45.2 Å². The molecule has 0 radical (unpaired) electrons. The van der Waals surface area contributed by atoms with Crippen molar-refractivity contribution in [3.63, 3.8) is 0 Å². The third-order valence-corrected chi connectivity index (χ3v) is 6.35. The minimum absolute atomic E-state index is 0.0491. The van der Waals surface area contributed by atoms with Gasteiger partial charge in [-0.3, -0.25) is 14.9 Å². The van der Waals surface area contributed by atoms with Gasteiger partial charge >= 0.3 is 0 Å². The highest BCUT2D eigenvalue weighted by atomic mass is 127. The first-order chi connectivity index (χ1) is 15.9. The van der Waals surface area contributed by atoms with Crippen LogP contribution in [0.3, 0.4) is 0 Å². The van der Waals surface area contributed by atoms with Crippen molar-refractivity contribution in [2.45, 2.75) is 26.4 Å². The number of non-ortho nitro benzene ring substituents is 1. The van der Waals surface area contributed by atoms with Crippen molar-refractivity contribution in [2.75, 3.05) is 0 Å². The van der Waals surface area contributed by atoms with E-state index in [-0.39, 0.29) is 18.0 Å². The molecular weight excluding hydrogens is 648 g/mol. The van der Waals surface area contributed by atoms with Crippen LogP contribution < -0.4 is 10.2 Å². The number of halogens is 2.